The fourth-order valence-electron chi connectivity index (χ4n) is 4.95. The van der Waals surface area contributed by atoms with E-state index < -0.39 is 30.2 Å². The first-order valence-corrected chi connectivity index (χ1v) is 13.8. The molecule has 1 aliphatic carbocycles. The van der Waals surface area contributed by atoms with Crippen molar-refractivity contribution in [3.63, 3.8) is 0 Å². The molecule has 3 atom stereocenters. The molecule has 0 radical (unpaired) electrons. The van der Waals surface area contributed by atoms with Crippen LogP contribution >= 0.6 is 0 Å². The standard InChI is InChI=1S/C28H45NO7/c1-3-4-5-6-7-8-9-10-11-12-13-24(22-19-21-16-17-35-25(21)18-20(22)2)36-28(34)29-23(27(32)33)14-15-26(30)31/h19-20,23-24H,3-18H2,1-2H3,(H,29,34)(H,30,31)(H,32,33). The van der Waals surface area contributed by atoms with Crippen molar-refractivity contribution in [2.75, 3.05) is 6.61 Å². The van der Waals surface area contributed by atoms with Crippen LogP contribution < -0.4 is 5.32 Å². The summed E-state index contributed by atoms with van der Waals surface area (Å²) in [5.74, 6) is -1.21. The molecule has 1 heterocycles. The Morgan fingerprint density at radius 2 is 1.67 bits per heavy atom. The monoisotopic (exact) mass is 507 g/mol. The van der Waals surface area contributed by atoms with Gasteiger partial charge in [-0.3, -0.25) is 4.79 Å². The molecule has 3 N–H and O–H groups in total. The fraction of sp³-hybridized carbons (Fsp3) is 0.750. The first-order valence-electron chi connectivity index (χ1n) is 13.8. The van der Waals surface area contributed by atoms with Crippen molar-refractivity contribution in [3.05, 3.63) is 23.0 Å². The summed E-state index contributed by atoms with van der Waals surface area (Å²) >= 11 is 0. The Morgan fingerprint density at radius 1 is 1.03 bits per heavy atom. The number of carboxylic acid groups (broad SMARTS) is 2. The molecule has 8 heteroatoms. The number of allylic oxidation sites excluding steroid dienone is 2. The van der Waals surface area contributed by atoms with Gasteiger partial charge in [0.15, 0.2) is 0 Å². The molecule has 1 amide bonds. The van der Waals surface area contributed by atoms with Gasteiger partial charge in [-0.1, -0.05) is 77.7 Å². The van der Waals surface area contributed by atoms with Gasteiger partial charge >= 0.3 is 18.0 Å². The van der Waals surface area contributed by atoms with Gasteiger partial charge in [-0.15, -0.1) is 0 Å². The first kappa shape index (κ1) is 29.7. The number of ether oxygens (including phenoxy) is 2. The third-order valence-electron chi connectivity index (χ3n) is 7.09. The van der Waals surface area contributed by atoms with E-state index >= 15 is 0 Å². The Morgan fingerprint density at radius 3 is 2.28 bits per heavy atom. The number of aliphatic carboxylic acids is 2. The van der Waals surface area contributed by atoms with Crippen molar-refractivity contribution in [1.29, 1.82) is 0 Å². The summed E-state index contributed by atoms with van der Waals surface area (Å²) < 4.78 is 11.5. The Balaban J connectivity index is 1.92. The van der Waals surface area contributed by atoms with Crippen LogP contribution in [0.15, 0.2) is 23.0 Å². The van der Waals surface area contributed by atoms with Crippen molar-refractivity contribution < 1.29 is 34.1 Å². The lowest BCUT2D eigenvalue weighted by atomic mass is 9.83. The van der Waals surface area contributed by atoms with Gasteiger partial charge in [0, 0.05) is 19.3 Å². The number of hydrogen-bond donors (Lipinski definition) is 3. The predicted octanol–water partition coefficient (Wildman–Crippen LogP) is 6.35. The van der Waals surface area contributed by atoms with Gasteiger partial charge in [0.05, 0.1) is 12.4 Å². The van der Waals surface area contributed by atoms with E-state index in [4.69, 9.17) is 14.6 Å². The third-order valence-corrected chi connectivity index (χ3v) is 7.09. The van der Waals surface area contributed by atoms with E-state index in [1.54, 1.807) is 0 Å². The minimum Gasteiger partial charge on any atom is -0.497 e. The quantitative estimate of drug-likeness (QED) is 0.185. The number of rotatable bonds is 18. The first-order chi connectivity index (χ1) is 17.3. The van der Waals surface area contributed by atoms with E-state index in [1.807, 2.05) is 0 Å². The number of hydrogen-bond acceptors (Lipinski definition) is 5. The van der Waals surface area contributed by atoms with E-state index in [9.17, 15) is 19.5 Å². The maximum absolute atomic E-state index is 12.7. The molecule has 3 unspecified atom stereocenters. The van der Waals surface area contributed by atoms with Crippen LogP contribution in [0.1, 0.15) is 110 Å². The normalized spacial score (nSPS) is 18.6. The number of carbonyl (C=O) groups excluding carboxylic acids is 1. The molecule has 8 nitrogen and oxygen atoms in total. The van der Waals surface area contributed by atoms with Gasteiger partial charge in [0.25, 0.3) is 0 Å². The molecule has 2 aliphatic rings. The Bertz CT molecular complexity index is 789. The number of carbonyl (C=O) groups is 3. The average Bonchev–Trinajstić information content (AvgIpc) is 3.28. The molecule has 0 aromatic carbocycles. The summed E-state index contributed by atoms with van der Waals surface area (Å²) in [5.41, 5.74) is 2.20. The molecule has 0 saturated heterocycles. The Labute approximate surface area is 215 Å². The van der Waals surface area contributed by atoms with Gasteiger partial charge < -0.3 is 25.0 Å². The summed E-state index contributed by atoms with van der Waals surface area (Å²) in [6, 6.07) is -1.30. The van der Waals surface area contributed by atoms with Crippen molar-refractivity contribution in [3.8, 4) is 0 Å². The van der Waals surface area contributed by atoms with Gasteiger partial charge in [-0.2, -0.15) is 0 Å². The van der Waals surface area contributed by atoms with Crippen LogP contribution in [-0.2, 0) is 19.1 Å². The number of unbranched alkanes of at least 4 members (excludes halogenated alkanes) is 9. The molecule has 0 aromatic heterocycles. The molecule has 1 aliphatic heterocycles. The smallest absolute Gasteiger partial charge is 0.408 e. The molecule has 204 valence electrons. The van der Waals surface area contributed by atoms with Crippen LogP contribution in [0, 0.1) is 5.92 Å². The number of carboxylic acids is 2. The Hall–Kier alpha value is -2.51. The van der Waals surface area contributed by atoms with Crippen molar-refractivity contribution in [2.45, 2.75) is 122 Å². The van der Waals surface area contributed by atoms with Crippen LogP contribution in [0.5, 0.6) is 0 Å². The number of nitrogens with one attached hydrogen (secondary N) is 1. The maximum atomic E-state index is 12.7. The highest BCUT2D eigenvalue weighted by Crippen LogP contribution is 2.38. The zero-order valence-corrected chi connectivity index (χ0v) is 22.1. The van der Waals surface area contributed by atoms with Crippen LogP contribution in [0.4, 0.5) is 4.79 Å². The van der Waals surface area contributed by atoms with E-state index in [1.165, 1.54) is 44.9 Å². The number of alkyl carbamates (subject to hydrolysis) is 1. The highest BCUT2D eigenvalue weighted by molar-refractivity contribution is 5.80. The molecule has 0 spiro atoms. The highest BCUT2D eigenvalue weighted by Gasteiger charge is 2.31. The molecule has 0 saturated carbocycles. The Kier molecular flexibility index (Phi) is 13.4. The van der Waals surface area contributed by atoms with E-state index in [0.29, 0.717) is 13.0 Å². The van der Waals surface area contributed by atoms with Crippen LogP contribution in [0.3, 0.4) is 0 Å². The minimum absolute atomic E-state index is 0.157. The molecule has 36 heavy (non-hydrogen) atoms. The molecule has 0 fully saturated rings. The number of amides is 1. The topological polar surface area (TPSA) is 122 Å². The third kappa shape index (κ3) is 10.6. The van der Waals surface area contributed by atoms with Crippen molar-refractivity contribution in [2.24, 2.45) is 5.92 Å². The summed E-state index contributed by atoms with van der Waals surface area (Å²) in [6.07, 6.45) is 14.7. The molecule has 0 bridgehead atoms. The van der Waals surface area contributed by atoms with Gasteiger partial charge in [-0.25, -0.2) is 9.59 Å². The summed E-state index contributed by atoms with van der Waals surface area (Å²) in [7, 11) is 0. The lowest BCUT2D eigenvalue weighted by molar-refractivity contribution is -0.140. The van der Waals surface area contributed by atoms with Gasteiger partial charge in [0.2, 0.25) is 0 Å². The van der Waals surface area contributed by atoms with E-state index in [2.05, 4.69) is 25.2 Å². The van der Waals surface area contributed by atoms with E-state index in [0.717, 1.165) is 49.0 Å². The maximum Gasteiger partial charge on any atom is 0.408 e. The zero-order valence-electron chi connectivity index (χ0n) is 22.1. The van der Waals surface area contributed by atoms with Crippen molar-refractivity contribution in [1.82, 2.24) is 5.32 Å². The lowest BCUT2D eigenvalue weighted by Gasteiger charge is -2.29. The minimum atomic E-state index is -1.30. The van der Waals surface area contributed by atoms with E-state index in [-0.39, 0.29) is 18.8 Å². The summed E-state index contributed by atoms with van der Waals surface area (Å²) in [6.45, 7) is 5.00. The average molecular weight is 508 g/mol. The zero-order chi connectivity index (χ0) is 26.3. The molecule has 0 aromatic rings. The molecular weight excluding hydrogens is 462 g/mol. The predicted molar refractivity (Wildman–Crippen MR) is 138 cm³/mol. The second-order valence-electron chi connectivity index (χ2n) is 10.1. The van der Waals surface area contributed by atoms with Crippen molar-refractivity contribution >= 4 is 18.0 Å². The lowest BCUT2D eigenvalue weighted by Crippen LogP contribution is -2.43. The molecular formula is C28H45NO7. The van der Waals surface area contributed by atoms with Crippen LogP contribution in [0.2, 0.25) is 0 Å². The second-order valence-corrected chi connectivity index (χ2v) is 10.1. The summed E-state index contributed by atoms with van der Waals surface area (Å²) in [4.78, 5) is 35.0. The largest absolute Gasteiger partial charge is 0.497 e. The molecule has 2 rings (SSSR count). The SMILES string of the molecule is CCCCCCCCCCCCC(OC(=O)NC(CCC(=O)O)C(=O)O)C1=CC2=C(CC1C)OCC2. The second kappa shape index (κ2) is 16.3. The van der Waals surface area contributed by atoms with Gasteiger partial charge in [-0.05, 0) is 36.3 Å². The highest BCUT2D eigenvalue weighted by atomic mass is 16.6. The fourth-order valence-corrected chi connectivity index (χ4v) is 4.95. The summed E-state index contributed by atoms with van der Waals surface area (Å²) in [5, 5.41) is 20.6. The van der Waals surface area contributed by atoms with Crippen LogP contribution in [-0.4, -0.2) is 47.0 Å². The van der Waals surface area contributed by atoms with Gasteiger partial charge in [0.1, 0.15) is 12.1 Å². The van der Waals surface area contributed by atoms with Crippen LogP contribution in [0.25, 0.3) is 0 Å².